The predicted octanol–water partition coefficient (Wildman–Crippen LogP) is 3.54. The van der Waals surface area contributed by atoms with Crippen LogP contribution in [0.4, 0.5) is 0 Å². The van der Waals surface area contributed by atoms with Gasteiger partial charge in [-0.3, -0.25) is 9.69 Å². The third-order valence-electron chi connectivity index (χ3n) is 6.92. The van der Waals surface area contributed by atoms with Crippen molar-refractivity contribution in [3.05, 3.63) is 64.9 Å². The molecule has 1 aromatic carbocycles. The molecule has 1 aliphatic heterocycles. The Morgan fingerprint density at radius 3 is 2.54 bits per heavy atom. The zero-order valence-corrected chi connectivity index (χ0v) is 20.7. The van der Waals surface area contributed by atoms with E-state index in [1.54, 1.807) is 0 Å². The van der Waals surface area contributed by atoms with Crippen LogP contribution in [0.3, 0.4) is 0 Å². The van der Waals surface area contributed by atoms with Gasteiger partial charge in [0, 0.05) is 55.6 Å². The fourth-order valence-corrected chi connectivity index (χ4v) is 4.82. The first-order valence-electron chi connectivity index (χ1n) is 12.1. The van der Waals surface area contributed by atoms with Crippen molar-refractivity contribution in [2.45, 2.75) is 46.6 Å². The van der Waals surface area contributed by atoms with Crippen LogP contribution in [0.5, 0.6) is 0 Å². The van der Waals surface area contributed by atoms with Crippen molar-refractivity contribution in [1.29, 1.82) is 0 Å². The van der Waals surface area contributed by atoms with Crippen molar-refractivity contribution in [1.82, 2.24) is 34.5 Å². The molecule has 3 aromatic heterocycles. The van der Waals surface area contributed by atoms with E-state index in [4.69, 9.17) is 4.52 Å². The molecule has 4 heterocycles. The lowest BCUT2D eigenvalue weighted by atomic mass is 10.1. The van der Waals surface area contributed by atoms with Gasteiger partial charge in [0.2, 0.25) is 17.6 Å². The Morgan fingerprint density at radius 1 is 1.06 bits per heavy atom. The number of aromatic nitrogens is 5. The third-order valence-corrected chi connectivity index (χ3v) is 6.92. The Balaban J connectivity index is 1.17. The first-order chi connectivity index (χ1) is 16.9. The summed E-state index contributed by atoms with van der Waals surface area (Å²) in [5.41, 5.74) is 5.86. The van der Waals surface area contributed by atoms with E-state index in [1.807, 2.05) is 59.7 Å². The monoisotopic (exact) mass is 473 g/mol. The quantitative estimate of drug-likeness (QED) is 0.423. The zero-order chi connectivity index (χ0) is 24.5. The van der Waals surface area contributed by atoms with Gasteiger partial charge in [0.15, 0.2) is 5.65 Å². The molecule has 0 bridgehead atoms. The van der Waals surface area contributed by atoms with Gasteiger partial charge in [-0.15, -0.1) is 0 Å². The summed E-state index contributed by atoms with van der Waals surface area (Å²) in [5, 5.41) is 8.68. The number of carbonyl (C=O) groups excluding carboxylic acids is 1. The van der Waals surface area contributed by atoms with E-state index < -0.39 is 0 Å². The van der Waals surface area contributed by atoms with Crippen LogP contribution in [-0.2, 0) is 11.2 Å². The predicted molar refractivity (Wildman–Crippen MR) is 132 cm³/mol. The summed E-state index contributed by atoms with van der Waals surface area (Å²) < 4.78 is 7.43. The van der Waals surface area contributed by atoms with Crippen LogP contribution >= 0.6 is 0 Å². The maximum Gasteiger partial charge on any atom is 0.244 e. The van der Waals surface area contributed by atoms with E-state index in [-0.39, 0.29) is 11.9 Å². The summed E-state index contributed by atoms with van der Waals surface area (Å²) in [4.78, 5) is 26.5. The van der Waals surface area contributed by atoms with Crippen LogP contribution in [0.1, 0.15) is 47.9 Å². The van der Waals surface area contributed by atoms with Crippen molar-refractivity contribution < 1.29 is 9.32 Å². The smallest absolute Gasteiger partial charge is 0.244 e. The van der Waals surface area contributed by atoms with Gasteiger partial charge in [-0.05, 0) is 39.7 Å². The third kappa shape index (κ3) is 4.68. The lowest BCUT2D eigenvalue weighted by molar-refractivity contribution is -0.133. The summed E-state index contributed by atoms with van der Waals surface area (Å²) >= 11 is 0. The highest BCUT2D eigenvalue weighted by Gasteiger charge is 2.28. The Hall–Kier alpha value is -3.59. The molecule has 182 valence electrons. The molecule has 9 heteroatoms. The molecule has 1 aliphatic rings. The standard InChI is InChI=1S/C26H31N7O2/c1-17-16-23-27-18(2)22(19(3)33(23)29-17)10-11-24(34)32-14-12-31(13-15-32)20(4)26-28-25(30-35-26)21-8-6-5-7-9-21/h5-9,16,20H,10-15H2,1-4H3. The van der Waals surface area contributed by atoms with Gasteiger partial charge in [-0.25, -0.2) is 9.50 Å². The number of fused-ring (bicyclic) bond motifs is 1. The molecular formula is C26H31N7O2. The van der Waals surface area contributed by atoms with Crippen molar-refractivity contribution in [2.24, 2.45) is 0 Å². The second-order valence-electron chi connectivity index (χ2n) is 9.23. The number of hydrogen-bond donors (Lipinski definition) is 0. The highest BCUT2D eigenvalue weighted by atomic mass is 16.5. The normalized spacial score (nSPS) is 15.6. The minimum Gasteiger partial charge on any atom is -0.340 e. The number of rotatable bonds is 6. The fraction of sp³-hybridized carbons (Fsp3) is 0.423. The van der Waals surface area contributed by atoms with Crippen LogP contribution in [0.25, 0.3) is 17.0 Å². The van der Waals surface area contributed by atoms with E-state index >= 15 is 0 Å². The van der Waals surface area contributed by atoms with Crippen molar-refractivity contribution in [2.75, 3.05) is 26.2 Å². The average molecular weight is 474 g/mol. The number of aryl methyl sites for hydroxylation is 3. The van der Waals surface area contributed by atoms with Gasteiger partial charge in [0.05, 0.1) is 11.7 Å². The van der Waals surface area contributed by atoms with Gasteiger partial charge in [-0.2, -0.15) is 10.1 Å². The van der Waals surface area contributed by atoms with Crippen molar-refractivity contribution >= 4 is 11.6 Å². The molecule has 0 aliphatic carbocycles. The van der Waals surface area contributed by atoms with Crippen LogP contribution in [-0.4, -0.2) is 66.6 Å². The Morgan fingerprint density at radius 2 is 1.80 bits per heavy atom. The van der Waals surface area contributed by atoms with E-state index in [0.29, 0.717) is 37.6 Å². The van der Waals surface area contributed by atoms with E-state index in [0.717, 1.165) is 46.9 Å². The first-order valence-corrected chi connectivity index (χ1v) is 12.1. The highest BCUT2D eigenvalue weighted by molar-refractivity contribution is 5.76. The number of nitrogens with zero attached hydrogens (tertiary/aromatic N) is 7. The molecule has 1 fully saturated rings. The second kappa shape index (κ2) is 9.58. The highest BCUT2D eigenvalue weighted by Crippen LogP contribution is 2.24. The fourth-order valence-electron chi connectivity index (χ4n) is 4.82. The van der Waals surface area contributed by atoms with Crippen LogP contribution in [0, 0.1) is 20.8 Å². The molecule has 4 aromatic rings. The molecule has 1 atom stereocenters. The average Bonchev–Trinajstić information content (AvgIpc) is 3.51. The van der Waals surface area contributed by atoms with E-state index in [1.165, 1.54) is 0 Å². The number of carbonyl (C=O) groups is 1. The zero-order valence-electron chi connectivity index (χ0n) is 20.7. The van der Waals surface area contributed by atoms with Gasteiger partial charge >= 0.3 is 0 Å². The molecule has 0 spiro atoms. The Kier molecular flexibility index (Phi) is 6.34. The molecule has 1 amide bonds. The van der Waals surface area contributed by atoms with E-state index in [2.05, 4.69) is 39.0 Å². The Bertz CT molecular complexity index is 1340. The molecule has 0 radical (unpaired) electrons. The molecule has 1 unspecified atom stereocenters. The first kappa shape index (κ1) is 23.2. The number of benzene rings is 1. The molecule has 0 saturated carbocycles. The summed E-state index contributed by atoms with van der Waals surface area (Å²) in [7, 11) is 0. The lowest BCUT2D eigenvalue weighted by Crippen LogP contribution is -2.49. The van der Waals surface area contributed by atoms with Gasteiger partial charge < -0.3 is 9.42 Å². The van der Waals surface area contributed by atoms with Crippen molar-refractivity contribution in [3.8, 4) is 11.4 Å². The van der Waals surface area contributed by atoms with Crippen LogP contribution < -0.4 is 0 Å². The SMILES string of the molecule is Cc1cc2nc(C)c(CCC(=O)N3CCN(C(C)c4nc(-c5ccccc5)no4)CC3)c(C)n2n1. The minimum atomic E-state index is -0.00200. The van der Waals surface area contributed by atoms with Gasteiger partial charge in [-0.1, -0.05) is 35.5 Å². The topological polar surface area (TPSA) is 92.7 Å². The van der Waals surface area contributed by atoms with Crippen molar-refractivity contribution in [3.63, 3.8) is 0 Å². The largest absolute Gasteiger partial charge is 0.340 e. The summed E-state index contributed by atoms with van der Waals surface area (Å²) in [6.07, 6.45) is 1.13. The lowest BCUT2D eigenvalue weighted by Gasteiger charge is -2.36. The number of hydrogen-bond acceptors (Lipinski definition) is 7. The number of piperazine rings is 1. The summed E-state index contributed by atoms with van der Waals surface area (Å²) in [6, 6.07) is 11.8. The molecule has 0 N–H and O–H groups in total. The van der Waals surface area contributed by atoms with E-state index in [9.17, 15) is 4.79 Å². The van der Waals surface area contributed by atoms with Gasteiger partial charge in [0.1, 0.15) is 0 Å². The molecule has 9 nitrogen and oxygen atoms in total. The van der Waals surface area contributed by atoms with Crippen LogP contribution in [0.15, 0.2) is 40.9 Å². The molecule has 1 saturated heterocycles. The second-order valence-corrected chi connectivity index (χ2v) is 9.23. The molecule has 5 rings (SSSR count). The molecule has 35 heavy (non-hydrogen) atoms. The number of amides is 1. The summed E-state index contributed by atoms with van der Waals surface area (Å²) in [6.45, 7) is 11.0. The summed E-state index contributed by atoms with van der Waals surface area (Å²) in [5.74, 6) is 1.38. The molecular weight excluding hydrogens is 442 g/mol. The van der Waals surface area contributed by atoms with Gasteiger partial charge in [0.25, 0.3) is 0 Å². The maximum absolute atomic E-state index is 13.0. The van der Waals surface area contributed by atoms with Crippen LogP contribution in [0.2, 0.25) is 0 Å². The Labute approximate surface area is 204 Å². The maximum atomic E-state index is 13.0. The minimum absolute atomic E-state index is 0.00200.